The topological polar surface area (TPSA) is 55.8 Å². The predicted molar refractivity (Wildman–Crippen MR) is 90.3 cm³/mol. The van der Waals surface area contributed by atoms with E-state index in [-0.39, 0.29) is 17.4 Å². The molecule has 138 valence electrons. The number of alkyl halides is 3. The highest BCUT2D eigenvalue weighted by Crippen LogP contribution is 2.40. The molecule has 1 aliphatic carbocycles. The Kier molecular flexibility index (Phi) is 5.13. The summed E-state index contributed by atoms with van der Waals surface area (Å²) in [4.78, 5) is 11.1. The lowest BCUT2D eigenvalue weighted by molar-refractivity contribution is -0.275. The standard InChI is InChI=1S/C18H14BrF3O4/c19-11-6-4-10-5-7-15(12(10)8-11)25-14-2-1-3-16(26-18(20,21)22)13(14)9-17(23)24/h1-4,6,8,15H,5,7,9H2,(H,23,24). The van der Waals surface area contributed by atoms with Crippen molar-refractivity contribution in [3.8, 4) is 11.5 Å². The van der Waals surface area contributed by atoms with Crippen LogP contribution in [0.3, 0.4) is 0 Å². The molecular formula is C18H14BrF3O4. The van der Waals surface area contributed by atoms with Crippen LogP contribution in [0.25, 0.3) is 0 Å². The third-order valence-electron chi connectivity index (χ3n) is 4.04. The van der Waals surface area contributed by atoms with Crippen molar-refractivity contribution in [3.63, 3.8) is 0 Å². The summed E-state index contributed by atoms with van der Waals surface area (Å²) in [5.74, 6) is -1.76. The van der Waals surface area contributed by atoms with E-state index in [0.29, 0.717) is 6.42 Å². The summed E-state index contributed by atoms with van der Waals surface area (Å²) < 4.78 is 48.6. The third kappa shape index (κ3) is 4.30. The van der Waals surface area contributed by atoms with Crippen molar-refractivity contribution in [2.45, 2.75) is 31.7 Å². The van der Waals surface area contributed by atoms with E-state index in [1.807, 2.05) is 18.2 Å². The fraction of sp³-hybridized carbons (Fsp3) is 0.278. The number of carbonyl (C=O) groups is 1. The number of benzene rings is 2. The number of fused-ring (bicyclic) bond motifs is 1. The van der Waals surface area contributed by atoms with E-state index in [9.17, 15) is 18.0 Å². The molecule has 0 amide bonds. The van der Waals surface area contributed by atoms with Gasteiger partial charge in [0.15, 0.2) is 0 Å². The molecule has 0 saturated carbocycles. The van der Waals surface area contributed by atoms with Gasteiger partial charge in [0.05, 0.1) is 6.42 Å². The Hall–Kier alpha value is -2.22. The summed E-state index contributed by atoms with van der Waals surface area (Å²) >= 11 is 3.39. The Morgan fingerprint density at radius 1 is 1.23 bits per heavy atom. The summed E-state index contributed by atoms with van der Waals surface area (Å²) in [6.07, 6.45) is -4.49. The number of halogens is 4. The molecule has 1 atom stereocenters. The van der Waals surface area contributed by atoms with Crippen molar-refractivity contribution in [1.82, 2.24) is 0 Å². The van der Waals surface area contributed by atoms with Crippen LogP contribution in [0.2, 0.25) is 0 Å². The number of hydrogen-bond acceptors (Lipinski definition) is 3. The van der Waals surface area contributed by atoms with Crippen LogP contribution in [0.4, 0.5) is 13.2 Å². The quantitative estimate of drug-likeness (QED) is 0.721. The Labute approximate surface area is 155 Å². The minimum absolute atomic E-state index is 0.0759. The Bertz CT molecular complexity index is 836. The molecule has 0 saturated heterocycles. The van der Waals surface area contributed by atoms with E-state index >= 15 is 0 Å². The van der Waals surface area contributed by atoms with Crippen LogP contribution in [-0.2, 0) is 17.6 Å². The summed E-state index contributed by atoms with van der Waals surface area (Å²) in [5, 5.41) is 9.07. The number of aryl methyl sites for hydroxylation is 1. The second-order valence-electron chi connectivity index (χ2n) is 5.84. The van der Waals surface area contributed by atoms with Gasteiger partial charge in [-0.05, 0) is 48.2 Å². The minimum Gasteiger partial charge on any atom is -0.485 e. The highest BCUT2D eigenvalue weighted by molar-refractivity contribution is 9.10. The van der Waals surface area contributed by atoms with E-state index in [1.54, 1.807) is 0 Å². The number of aliphatic carboxylic acids is 1. The molecule has 3 rings (SSSR count). The van der Waals surface area contributed by atoms with Gasteiger partial charge in [-0.15, -0.1) is 13.2 Å². The van der Waals surface area contributed by atoms with Gasteiger partial charge in [0.1, 0.15) is 17.6 Å². The molecule has 2 aromatic carbocycles. The highest BCUT2D eigenvalue weighted by atomic mass is 79.9. The molecule has 1 aliphatic rings. The van der Waals surface area contributed by atoms with E-state index in [1.165, 1.54) is 12.1 Å². The highest BCUT2D eigenvalue weighted by Gasteiger charge is 2.33. The van der Waals surface area contributed by atoms with E-state index < -0.39 is 24.5 Å². The first-order valence-electron chi connectivity index (χ1n) is 7.77. The van der Waals surface area contributed by atoms with Crippen molar-refractivity contribution in [1.29, 1.82) is 0 Å². The normalized spacial score (nSPS) is 16.2. The lowest BCUT2D eigenvalue weighted by Crippen LogP contribution is -2.19. The average molecular weight is 431 g/mol. The molecule has 1 N–H and O–H groups in total. The molecule has 8 heteroatoms. The van der Waals surface area contributed by atoms with Gasteiger partial charge < -0.3 is 14.6 Å². The molecule has 0 aromatic heterocycles. The fourth-order valence-electron chi connectivity index (χ4n) is 3.01. The Balaban J connectivity index is 1.94. The molecule has 1 unspecified atom stereocenters. The maximum absolute atomic E-state index is 12.6. The number of hydrogen-bond donors (Lipinski definition) is 1. The summed E-state index contributed by atoms with van der Waals surface area (Å²) in [6, 6.07) is 9.66. The molecule has 0 radical (unpaired) electrons. The second-order valence-corrected chi connectivity index (χ2v) is 6.76. The van der Waals surface area contributed by atoms with Crippen LogP contribution in [-0.4, -0.2) is 17.4 Å². The van der Waals surface area contributed by atoms with Crippen LogP contribution < -0.4 is 9.47 Å². The zero-order valence-corrected chi connectivity index (χ0v) is 14.9. The van der Waals surface area contributed by atoms with Crippen molar-refractivity contribution < 1.29 is 32.5 Å². The van der Waals surface area contributed by atoms with Crippen molar-refractivity contribution in [2.24, 2.45) is 0 Å². The summed E-state index contributed by atoms with van der Waals surface area (Å²) in [7, 11) is 0. The van der Waals surface area contributed by atoms with Crippen LogP contribution in [0.5, 0.6) is 11.5 Å². The van der Waals surface area contributed by atoms with E-state index in [4.69, 9.17) is 9.84 Å². The molecule has 4 nitrogen and oxygen atoms in total. The number of ether oxygens (including phenoxy) is 2. The summed E-state index contributed by atoms with van der Waals surface area (Å²) in [5.41, 5.74) is 1.89. The SMILES string of the molecule is O=C(O)Cc1c(OC2CCc3ccc(Br)cc32)cccc1OC(F)(F)F. The lowest BCUT2D eigenvalue weighted by atomic mass is 10.1. The van der Waals surface area contributed by atoms with Gasteiger partial charge in [-0.2, -0.15) is 0 Å². The van der Waals surface area contributed by atoms with Gasteiger partial charge in [-0.25, -0.2) is 0 Å². The molecule has 0 aliphatic heterocycles. The largest absolute Gasteiger partial charge is 0.573 e. The zero-order valence-electron chi connectivity index (χ0n) is 13.3. The number of rotatable bonds is 5. The van der Waals surface area contributed by atoms with E-state index in [2.05, 4.69) is 20.7 Å². The molecule has 0 fully saturated rings. The van der Waals surface area contributed by atoms with Crippen LogP contribution >= 0.6 is 15.9 Å². The minimum atomic E-state index is -4.92. The van der Waals surface area contributed by atoms with Crippen molar-refractivity contribution in [2.75, 3.05) is 0 Å². The number of carboxylic acids is 1. The van der Waals surface area contributed by atoms with Crippen molar-refractivity contribution >= 4 is 21.9 Å². The molecule has 2 aromatic rings. The van der Waals surface area contributed by atoms with E-state index in [0.717, 1.165) is 28.1 Å². The van der Waals surface area contributed by atoms with Gasteiger partial charge in [0.25, 0.3) is 0 Å². The van der Waals surface area contributed by atoms with Crippen LogP contribution in [0.1, 0.15) is 29.2 Å². The second kappa shape index (κ2) is 7.19. The van der Waals surface area contributed by atoms with Crippen LogP contribution in [0, 0.1) is 0 Å². The van der Waals surface area contributed by atoms with Gasteiger partial charge in [-0.3, -0.25) is 4.79 Å². The first-order valence-corrected chi connectivity index (χ1v) is 8.56. The number of carboxylic acid groups (broad SMARTS) is 1. The lowest BCUT2D eigenvalue weighted by Gasteiger charge is -2.20. The Morgan fingerprint density at radius 3 is 2.65 bits per heavy atom. The predicted octanol–water partition coefficient (Wildman–Crippen LogP) is 5.04. The van der Waals surface area contributed by atoms with Crippen molar-refractivity contribution in [3.05, 3.63) is 57.6 Å². The molecular weight excluding hydrogens is 417 g/mol. The first kappa shape index (κ1) is 18.6. The van der Waals surface area contributed by atoms with Gasteiger partial charge in [0.2, 0.25) is 0 Å². The molecule has 26 heavy (non-hydrogen) atoms. The monoisotopic (exact) mass is 430 g/mol. The zero-order chi connectivity index (χ0) is 18.9. The molecule has 0 spiro atoms. The maximum atomic E-state index is 12.6. The molecule has 0 bridgehead atoms. The van der Waals surface area contributed by atoms with Crippen LogP contribution in [0.15, 0.2) is 40.9 Å². The first-order chi connectivity index (χ1) is 12.2. The van der Waals surface area contributed by atoms with Gasteiger partial charge >= 0.3 is 12.3 Å². The smallest absolute Gasteiger partial charge is 0.485 e. The Morgan fingerprint density at radius 2 is 1.96 bits per heavy atom. The third-order valence-corrected chi connectivity index (χ3v) is 4.54. The molecule has 0 heterocycles. The maximum Gasteiger partial charge on any atom is 0.573 e. The fourth-order valence-corrected chi connectivity index (χ4v) is 3.39. The average Bonchev–Trinajstić information content (AvgIpc) is 2.91. The summed E-state index contributed by atoms with van der Waals surface area (Å²) in [6.45, 7) is 0. The van der Waals surface area contributed by atoms with Gasteiger partial charge in [0, 0.05) is 10.0 Å². The van der Waals surface area contributed by atoms with Gasteiger partial charge in [-0.1, -0.05) is 28.1 Å².